The van der Waals surface area contributed by atoms with Gasteiger partial charge >= 0.3 is 0 Å². The van der Waals surface area contributed by atoms with Crippen molar-refractivity contribution < 1.29 is 18.9 Å². The Morgan fingerprint density at radius 3 is 0.650 bits per heavy atom. The zero-order chi connectivity index (χ0) is 27.4. The van der Waals surface area contributed by atoms with E-state index in [0.717, 1.165) is 89.8 Å². The molecule has 4 aromatic rings. The van der Waals surface area contributed by atoms with Crippen molar-refractivity contribution in [1.82, 2.24) is 0 Å². The van der Waals surface area contributed by atoms with E-state index in [0.29, 0.717) is 25.7 Å². The quantitative estimate of drug-likeness (QED) is 0.239. The lowest BCUT2D eigenvalue weighted by Gasteiger charge is -2.21. The first-order valence-corrected chi connectivity index (χ1v) is 13.7. The van der Waals surface area contributed by atoms with Crippen LogP contribution >= 0.6 is 0 Å². The average Bonchev–Trinajstić information content (AvgIpc) is 2.95. The van der Waals surface area contributed by atoms with Crippen LogP contribution in [0.25, 0.3) is 24.3 Å². The number of hydrogen-bond donors (Lipinski definition) is 0. The molecule has 0 heterocycles. The van der Waals surface area contributed by atoms with Crippen molar-refractivity contribution in [3.63, 3.8) is 0 Å². The molecule has 0 amide bonds. The van der Waals surface area contributed by atoms with Gasteiger partial charge in [-0.1, -0.05) is 24.3 Å². The lowest BCUT2D eigenvalue weighted by Crippen LogP contribution is -2.07. The highest BCUT2D eigenvalue weighted by Crippen LogP contribution is 2.41. The van der Waals surface area contributed by atoms with E-state index in [2.05, 4.69) is 72.8 Å². The summed E-state index contributed by atoms with van der Waals surface area (Å²) in [4.78, 5) is 0. The van der Waals surface area contributed by atoms with Crippen LogP contribution in [0.3, 0.4) is 0 Å². The van der Waals surface area contributed by atoms with Crippen LogP contribution < -0.4 is 18.9 Å². The van der Waals surface area contributed by atoms with Crippen molar-refractivity contribution in [2.45, 2.75) is 25.7 Å². The summed E-state index contributed by atoms with van der Waals surface area (Å²) in [6, 6.07) is 18.0. The molecule has 4 aromatic carbocycles. The first-order chi connectivity index (χ1) is 19.6. The van der Waals surface area contributed by atoms with E-state index in [9.17, 15) is 0 Å². The Labute approximate surface area is 235 Å². The minimum Gasteiger partial charge on any atom is -0.496 e. The molecule has 0 aliphatic heterocycles. The van der Waals surface area contributed by atoms with E-state index in [4.69, 9.17) is 18.9 Å². The Bertz CT molecular complexity index is 1390. The van der Waals surface area contributed by atoms with Gasteiger partial charge in [-0.15, -0.1) is 0 Å². The van der Waals surface area contributed by atoms with Crippen LogP contribution in [0.5, 0.6) is 23.0 Å². The van der Waals surface area contributed by atoms with Gasteiger partial charge < -0.3 is 18.9 Å². The van der Waals surface area contributed by atoms with E-state index < -0.39 is 0 Å². The van der Waals surface area contributed by atoms with Gasteiger partial charge in [0.15, 0.2) is 0 Å². The van der Waals surface area contributed by atoms with Crippen molar-refractivity contribution in [1.29, 1.82) is 0 Å². The number of benzene rings is 4. The molecule has 0 atom stereocenters. The van der Waals surface area contributed by atoms with Crippen molar-refractivity contribution in [2.75, 3.05) is 28.4 Å². The molecule has 200 valence electrons. The zero-order valence-corrected chi connectivity index (χ0v) is 23.4. The maximum atomic E-state index is 6.15. The van der Waals surface area contributed by atoms with E-state index in [1.807, 2.05) is 0 Å². The van der Waals surface area contributed by atoms with Crippen LogP contribution in [0.4, 0.5) is 0 Å². The third-order valence-electron chi connectivity index (χ3n) is 8.34. The summed E-state index contributed by atoms with van der Waals surface area (Å²) in [5, 5.41) is 0. The largest absolute Gasteiger partial charge is 0.496 e. The van der Waals surface area contributed by atoms with Crippen LogP contribution in [0.15, 0.2) is 48.5 Å². The van der Waals surface area contributed by atoms with E-state index in [-0.39, 0.29) is 0 Å². The van der Waals surface area contributed by atoms with Gasteiger partial charge in [-0.25, -0.2) is 0 Å². The summed E-state index contributed by atoms with van der Waals surface area (Å²) in [6.07, 6.45) is 11.6. The number of methoxy groups -OCH3 is 4. The van der Waals surface area contributed by atoms with Crippen molar-refractivity contribution in [3.05, 3.63) is 115 Å². The summed E-state index contributed by atoms with van der Waals surface area (Å²) in [5.74, 6) is 3.67. The van der Waals surface area contributed by atoms with Crippen molar-refractivity contribution >= 4 is 24.3 Å². The molecule has 0 saturated carbocycles. The lowest BCUT2D eigenvalue weighted by molar-refractivity contribution is 0.395. The van der Waals surface area contributed by atoms with Crippen LogP contribution in [-0.4, -0.2) is 28.4 Å². The highest BCUT2D eigenvalue weighted by molar-refractivity contribution is 5.76. The average molecular weight is 529 g/mol. The fourth-order valence-electron chi connectivity index (χ4n) is 6.82. The minimum absolute atomic E-state index is 0.690. The van der Waals surface area contributed by atoms with Crippen LogP contribution in [-0.2, 0) is 25.7 Å². The molecule has 0 N–H and O–H groups in total. The van der Waals surface area contributed by atoms with Crippen LogP contribution in [0, 0.1) is 0 Å². The minimum atomic E-state index is 0.690. The summed E-state index contributed by atoms with van der Waals surface area (Å²) in [7, 11) is 7.10. The predicted octanol–water partition coefficient (Wildman–Crippen LogP) is 7.37. The molecule has 8 rings (SSSR count). The fourth-order valence-corrected chi connectivity index (χ4v) is 6.82. The maximum Gasteiger partial charge on any atom is 0.125 e. The highest BCUT2D eigenvalue weighted by atomic mass is 16.5. The molecule has 0 spiro atoms. The normalized spacial score (nSPS) is 15.5. The number of hydrogen-bond acceptors (Lipinski definition) is 4. The van der Waals surface area contributed by atoms with Crippen LogP contribution in [0.2, 0.25) is 0 Å². The predicted molar refractivity (Wildman–Crippen MR) is 161 cm³/mol. The SMILES string of the molecule is COc1c2cc3cc1Cc1cc4cc(c1OC)Cc1cc(cc(c1OC)Cc1cc(cc(c1OC)C2)/C=C\4)/C=C\3. The molecule has 4 aliphatic rings. The van der Waals surface area contributed by atoms with E-state index in [1.54, 1.807) is 28.4 Å². The van der Waals surface area contributed by atoms with Gasteiger partial charge in [0, 0.05) is 25.7 Å². The summed E-state index contributed by atoms with van der Waals surface area (Å²) >= 11 is 0. The summed E-state index contributed by atoms with van der Waals surface area (Å²) in [6.45, 7) is 0. The van der Waals surface area contributed by atoms with Gasteiger partial charge in [0.1, 0.15) is 23.0 Å². The van der Waals surface area contributed by atoms with Gasteiger partial charge in [-0.3, -0.25) is 0 Å². The summed E-state index contributed by atoms with van der Waals surface area (Å²) in [5.41, 5.74) is 13.7. The molecule has 0 unspecified atom stereocenters. The molecule has 40 heavy (non-hydrogen) atoms. The van der Waals surface area contributed by atoms with E-state index >= 15 is 0 Å². The second-order valence-electron chi connectivity index (χ2n) is 10.9. The summed E-state index contributed by atoms with van der Waals surface area (Å²) < 4.78 is 24.6. The molecule has 0 radical (unpaired) electrons. The lowest BCUT2D eigenvalue weighted by atomic mass is 9.89. The van der Waals surface area contributed by atoms with Gasteiger partial charge in [-0.2, -0.15) is 0 Å². The second-order valence-corrected chi connectivity index (χ2v) is 10.9. The van der Waals surface area contributed by atoms with Gasteiger partial charge in [0.2, 0.25) is 0 Å². The monoisotopic (exact) mass is 528 g/mol. The van der Waals surface area contributed by atoms with Gasteiger partial charge in [0.25, 0.3) is 0 Å². The number of ether oxygens (including phenoxy) is 4. The van der Waals surface area contributed by atoms with Crippen molar-refractivity contribution in [2.24, 2.45) is 0 Å². The molecule has 12 bridgehead atoms. The third kappa shape index (κ3) is 4.06. The van der Waals surface area contributed by atoms with Gasteiger partial charge in [-0.05, 0) is 115 Å². The molecule has 4 heteroatoms. The Morgan fingerprint density at radius 2 is 0.500 bits per heavy atom. The molecule has 4 nitrogen and oxygen atoms in total. The molecule has 0 aromatic heterocycles. The second kappa shape index (κ2) is 9.63. The van der Waals surface area contributed by atoms with Crippen molar-refractivity contribution in [3.8, 4) is 23.0 Å². The first-order valence-electron chi connectivity index (χ1n) is 13.7. The Kier molecular flexibility index (Phi) is 5.92. The molecule has 4 aliphatic carbocycles. The smallest absolute Gasteiger partial charge is 0.125 e. The topological polar surface area (TPSA) is 36.9 Å². The van der Waals surface area contributed by atoms with E-state index in [1.165, 1.54) is 0 Å². The highest BCUT2D eigenvalue weighted by Gasteiger charge is 2.23. The molecular formula is C36H32O4. The number of rotatable bonds is 4. The zero-order valence-electron chi connectivity index (χ0n) is 23.4. The van der Waals surface area contributed by atoms with Gasteiger partial charge in [0.05, 0.1) is 28.4 Å². The maximum absolute atomic E-state index is 6.15. The standard InChI is InChI=1S/C36H32O4/c1-37-33-25-9-21-5-6-24-15-31-19-29-13-22(11-27(17-25)34(29)38-2)7-8-23-12-28(18-26(33)10-21)35(39-3)30(14-23)20-32(16-24)36(31)40-4/h5-16H,17-20H2,1-4H3/b6-5-,8-7-. The third-order valence-corrected chi connectivity index (χ3v) is 8.34. The Balaban J connectivity index is 1.70. The fraction of sp³-hybridized carbons (Fsp3) is 0.222. The molecular weight excluding hydrogens is 496 g/mol. The first kappa shape index (κ1) is 24.6. The molecule has 0 saturated heterocycles. The Hall–Kier alpha value is -4.44. The molecule has 0 fully saturated rings. The Morgan fingerprint density at radius 1 is 0.325 bits per heavy atom. The van der Waals surface area contributed by atoms with Crippen LogP contribution in [0.1, 0.15) is 66.8 Å².